The zero-order chi connectivity index (χ0) is 20.7. The molecule has 0 aromatic heterocycles. The molecule has 0 bridgehead atoms. The molecule has 3 fully saturated rings. The van der Waals surface area contributed by atoms with Crippen molar-refractivity contribution in [3.63, 3.8) is 0 Å². The van der Waals surface area contributed by atoms with Gasteiger partial charge in [0.25, 0.3) is 0 Å². The number of rotatable bonds is 5. The van der Waals surface area contributed by atoms with Gasteiger partial charge in [-0.05, 0) is 89.4 Å². The summed E-state index contributed by atoms with van der Waals surface area (Å²) in [6, 6.07) is 0. The van der Waals surface area contributed by atoms with Gasteiger partial charge in [-0.2, -0.15) is 0 Å². The Morgan fingerprint density at radius 1 is 0.900 bits per heavy atom. The van der Waals surface area contributed by atoms with Crippen molar-refractivity contribution in [2.75, 3.05) is 0 Å². The SMILES string of the molecule is C1=CCC(N=P(C2CCCC2)(C2CCCC2)C2CCCC2)=C1.C=C(C)C(C)=CC.[Ti]. The van der Waals surface area contributed by atoms with Crippen LogP contribution in [0.3, 0.4) is 0 Å². The maximum absolute atomic E-state index is 5.76. The Balaban J connectivity index is 0.000000350. The van der Waals surface area contributed by atoms with Gasteiger partial charge in [-0.3, -0.25) is 4.74 Å². The van der Waals surface area contributed by atoms with Crippen LogP contribution in [0.15, 0.2) is 52.5 Å². The molecule has 166 valence electrons. The quantitative estimate of drug-likeness (QED) is 0.220. The van der Waals surface area contributed by atoms with Crippen LogP contribution >= 0.6 is 7.05 Å². The van der Waals surface area contributed by atoms with Gasteiger partial charge < -0.3 is 0 Å². The summed E-state index contributed by atoms with van der Waals surface area (Å²) in [5.41, 5.74) is 6.88. The molecule has 30 heavy (non-hydrogen) atoms. The Bertz CT molecular complexity index is 649. The second kappa shape index (κ2) is 12.8. The third-order valence-corrected chi connectivity index (χ3v) is 13.6. The van der Waals surface area contributed by atoms with Crippen LogP contribution in [0, 0.1) is 0 Å². The molecule has 0 spiro atoms. The molecule has 0 N–H and O–H groups in total. The Kier molecular flexibility index (Phi) is 11.2. The minimum atomic E-state index is -1.17. The minimum absolute atomic E-state index is 0. The first kappa shape index (κ1) is 26.2. The zero-order valence-corrected chi connectivity index (χ0v) is 22.3. The van der Waals surface area contributed by atoms with Crippen molar-refractivity contribution in [3.8, 4) is 0 Å². The average Bonchev–Trinajstić information content (AvgIpc) is 3.53. The van der Waals surface area contributed by atoms with E-state index in [4.69, 9.17) is 4.74 Å². The van der Waals surface area contributed by atoms with E-state index in [1.807, 2.05) is 13.8 Å². The molecule has 0 aromatic carbocycles. The van der Waals surface area contributed by atoms with Crippen LogP contribution in [0.4, 0.5) is 0 Å². The first-order valence-corrected chi connectivity index (χ1v) is 14.3. The molecule has 0 unspecified atom stereocenters. The van der Waals surface area contributed by atoms with Crippen LogP contribution < -0.4 is 0 Å². The van der Waals surface area contributed by atoms with Crippen molar-refractivity contribution in [1.82, 2.24) is 0 Å². The van der Waals surface area contributed by atoms with Crippen LogP contribution in [-0.2, 0) is 21.7 Å². The van der Waals surface area contributed by atoms with E-state index in [9.17, 15) is 0 Å². The summed E-state index contributed by atoms with van der Waals surface area (Å²) < 4.78 is 5.76. The number of nitrogens with zero attached hydrogens (tertiary/aromatic N) is 1. The molecule has 3 saturated carbocycles. The van der Waals surface area contributed by atoms with Crippen LogP contribution in [0.25, 0.3) is 0 Å². The summed E-state index contributed by atoms with van der Waals surface area (Å²) in [5.74, 6) is 0. The molecule has 4 rings (SSSR count). The maximum Gasteiger partial charge on any atom is 0.0425 e. The van der Waals surface area contributed by atoms with E-state index >= 15 is 0 Å². The molecule has 0 amide bonds. The zero-order valence-electron chi connectivity index (χ0n) is 19.8. The predicted octanol–water partition coefficient (Wildman–Crippen LogP) is 9.39. The van der Waals surface area contributed by atoms with E-state index in [-0.39, 0.29) is 21.7 Å². The number of allylic oxidation sites excluding steroid dienone is 6. The third-order valence-electron chi connectivity index (χ3n) is 7.89. The molecule has 0 atom stereocenters. The summed E-state index contributed by atoms with van der Waals surface area (Å²) in [5, 5.41) is 0. The fourth-order valence-corrected chi connectivity index (χ4v) is 12.5. The average molecular weight is 461 g/mol. The number of hydrogen-bond donors (Lipinski definition) is 0. The summed E-state index contributed by atoms with van der Waals surface area (Å²) in [6.45, 7) is 9.84. The van der Waals surface area contributed by atoms with Crippen LogP contribution in [0.5, 0.6) is 0 Å². The Hall–Kier alpha value is -0.0957. The summed E-state index contributed by atoms with van der Waals surface area (Å²) >= 11 is 0. The first-order chi connectivity index (χ1) is 14.1. The monoisotopic (exact) mass is 461 g/mol. The van der Waals surface area contributed by atoms with E-state index in [0.29, 0.717) is 0 Å². The van der Waals surface area contributed by atoms with Crippen LogP contribution in [-0.4, -0.2) is 17.0 Å². The molecule has 4 aliphatic carbocycles. The molecule has 0 aliphatic heterocycles. The van der Waals surface area contributed by atoms with E-state index in [2.05, 4.69) is 37.8 Å². The van der Waals surface area contributed by atoms with Gasteiger partial charge >= 0.3 is 0 Å². The molecular weight excluding hydrogens is 417 g/mol. The van der Waals surface area contributed by atoms with Crippen LogP contribution in [0.2, 0.25) is 0 Å². The Labute approximate surface area is 201 Å². The van der Waals surface area contributed by atoms with Gasteiger partial charge in [0.1, 0.15) is 0 Å². The van der Waals surface area contributed by atoms with Crippen molar-refractivity contribution >= 4 is 7.05 Å². The molecule has 0 saturated heterocycles. The van der Waals surface area contributed by atoms with Gasteiger partial charge in [0.2, 0.25) is 0 Å². The molecule has 0 radical (unpaired) electrons. The first-order valence-electron chi connectivity index (χ1n) is 12.3. The fraction of sp³-hybridized carbons (Fsp3) is 0.704. The van der Waals surface area contributed by atoms with Crippen molar-refractivity contribution in [3.05, 3.63) is 47.7 Å². The largest absolute Gasteiger partial charge is 0.271 e. The summed E-state index contributed by atoms with van der Waals surface area (Å²) in [6.07, 6.45) is 28.0. The maximum atomic E-state index is 5.76. The molecule has 3 heteroatoms. The van der Waals surface area contributed by atoms with Gasteiger partial charge in [0, 0.05) is 33.8 Å². The minimum Gasteiger partial charge on any atom is -0.271 e. The Morgan fingerprint density at radius 2 is 1.33 bits per heavy atom. The molecule has 1 nitrogen and oxygen atoms in total. The van der Waals surface area contributed by atoms with E-state index < -0.39 is 7.05 Å². The van der Waals surface area contributed by atoms with Crippen molar-refractivity contribution < 1.29 is 21.7 Å². The normalized spacial score (nSPS) is 23.2. The van der Waals surface area contributed by atoms with E-state index in [0.717, 1.165) is 29.0 Å². The van der Waals surface area contributed by atoms with Gasteiger partial charge in [-0.25, -0.2) is 0 Å². The van der Waals surface area contributed by atoms with Gasteiger partial charge in [-0.1, -0.05) is 74.5 Å². The molecule has 4 aliphatic rings. The van der Waals surface area contributed by atoms with Gasteiger partial charge in [-0.15, -0.1) is 0 Å². The molecular formula is C27H44NPTi. The van der Waals surface area contributed by atoms with Crippen molar-refractivity contribution in [1.29, 1.82) is 0 Å². The van der Waals surface area contributed by atoms with Crippen molar-refractivity contribution in [2.24, 2.45) is 4.74 Å². The fourth-order valence-electron chi connectivity index (χ4n) is 6.07. The smallest absolute Gasteiger partial charge is 0.0425 e. The molecule has 0 aromatic rings. The van der Waals surface area contributed by atoms with E-state index in [1.54, 1.807) is 0 Å². The van der Waals surface area contributed by atoms with E-state index in [1.165, 1.54) is 88.3 Å². The summed E-state index contributed by atoms with van der Waals surface area (Å²) in [7, 11) is -1.17. The second-order valence-corrected chi connectivity index (χ2v) is 13.7. The van der Waals surface area contributed by atoms with Crippen LogP contribution in [0.1, 0.15) is 104 Å². The van der Waals surface area contributed by atoms with Gasteiger partial charge in [0.05, 0.1) is 0 Å². The third kappa shape index (κ3) is 6.24. The van der Waals surface area contributed by atoms with Gasteiger partial charge in [0.15, 0.2) is 0 Å². The standard InChI is InChI=1S/C20H32NP.C7H12.Ti/c1-2-10-17(9-1)21-22(18-11-3-4-12-18,19-13-5-6-14-19)20-15-7-8-16-20;1-5-7(4)6(2)3;/h1-2,9,18-20H,3-8,10-16H2;5H,2H2,1,3-4H3;. The molecule has 0 heterocycles. The van der Waals surface area contributed by atoms with Crippen molar-refractivity contribution in [2.45, 2.75) is 121 Å². The predicted molar refractivity (Wildman–Crippen MR) is 132 cm³/mol. The summed E-state index contributed by atoms with van der Waals surface area (Å²) in [4.78, 5) is 0. The topological polar surface area (TPSA) is 12.4 Å². The number of hydrogen-bond acceptors (Lipinski definition) is 1. The Morgan fingerprint density at radius 3 is 1.60 bits per heavy atom. The second-order valence-electron chi connectivity index (χ2n) is 9.75.